The van der Waals surface area contributed by atoms with Crippen molar-refractivity contribution >= 4 is 33.1 Å². The number of sulfonamides is 1. The van der Waals surface area contributed by atoms with Crippen molar-refractivity contribution in [3.63, 3.8) is 0 Å². The molecule has 0 radical (unpaired) electrons. The van der Waals surface area contributed by atoms with E-state index in [4.69, 9.17) is 14.6 Å². The Bertz CT molecular complexity index is 1160. The van der Waals surface area contributed by atoms with Gasteiger partial charge in [0.05, 0.1) is 25.2 Å². The van der Waals surface area contributed by atoms with Crippen molar-refractivity contribution in [3.05, 3.63) is 72.0 Å². The molecule has 3 N–H and O–H groups in total. The number of methoxy groups -OCH3 is 1. The van der Waals surface area contributed by atoms with Gasteiger partial charge in [-0.15, -0.1) is 0 Å². The van der Waals surface area contributed by atoms with Gasteiger partial charge in [-0.25, -0.2) is 8.42 Å². The number of nitrogens with one attached hydrogen (secondary N) is 3. The quantitative estimate of drug-likeness (QED) is 0.591. The molecule has 9 heteroatoms. The zero-order valence-electron chi connectivity index (χ0n) is 15.8. The summed E-state index contributed by atoms with van der Waals surface area (Å²) in [6.45, 7) is 0. The van der Waals surface area contributed by atoms with Crippen LogP contribution in [0.25, 0.3) is 0 Å². The first-order chi connectivity index (χ1) is 13.9. The molecule has 0 bridgehead atoms. The van der Waals surface area contributed by atoms with Crippen LogP contribution in [0.4, 0.5) is 17.3 Å². The molecule has 29 heavy (non-hydrogen) atoms. The molecular formula is C20H20N4O4S. The number of anilines is 3. The monoisotopic (exact) mass is 412 g/mol. The second kappa shape index (κ2) is 7.17. The van der Waals surface area contributed by atoms with Crippen molar-refractivity contribution < 1.29 is 17.6 Å². The van der Waals surface area contributed by atoms with Crippen molar-refractivity contribution in [2.24, 2.45) is 0 Å². The van der Waals surface area contributed by atoms with E-state index in [1.807, 2.05) is 35.2 Å². The summed E-state index contributed by atoms with van der Waals surface area (Å²) in [5.41, 5.74) is 2.63. The normalized spacial score (nSPS) is 16.1. The highest BCUT2D eigenvalue weighted by molar-refractivity contribution is 7.92. The lowest BCUT2D eigenvalue weighted by molar-refractivity contribution is 0.415. The van der Waals surface area contributed by atoms with Gasteiger partial charge in [0.2, 0.25) is 15.9 Å². The highest BCUT2D eigenvalue weighted by atomic mass is 32.2. The summed E-state index contributed by atoms with van der Waals surface area (Å²) < 4.78 is 36.5. The van der Waals surface area contributed by atoms with Crippen LogP contribution in [0.1, 0.15) is 17.3 Å². The number of rotatable bonds is 5. The fourth-order valence-electron chi connectivity index (χ4n) is 3.29. The second-order valence-electron chi connectivity index (χ2n) is 6.63. The zero-order valence-corrected chi connectivity index (χ0v) is 16.7. The van der Waals surface area contributed by atoms with E-state index in [0.717, 1.165) is 17.5 Å². The summed E-state index contributed by atoms with van der Waals surface area (Å²) in [6, 6.07) is 16.2. The minimum Gasteiger partial charge on any atom is -0.497 e. The van der Waals surface area contributed by atoms with Crippen LogP contribution in [0, 0.1) is 5.41 Å². The van der Waals surface area contributed by atoms with Gasteiger partial charge in [0.25, 0.3) is 0 Å². The van der Waals surface area contributed by atoms with Crippen LogP contribution < -0.4 is 19.7 Å². The molecule has 0 saturated carbocycles. The number of hydrogen-bond acceptors (Lipinski definition) is 6. The molecule has 1 unspecified atom stereocenters. The van der Waals surface area contributed by atoms with E-state index in [-0.39, 0.29) is 5.84 Å². The van der Waals surface area contributed by atoms with Crippen molar-refractivity contribution in [2.45, 2.75) is 6.17 Å². The third-order valence-electron chi connectivity index (χ3n) is 4.54. The van der Waals surface area contributed by atoms with Crippen LogP contribution in [0.5, 0.6) is 5.75 Å². The maximum absolute atomic E-state index is 11.6. The van der Waals surface area contributed by atoms with Gasteiger partial charge in [-0.2, -0.15) is 0 Å². The van der Waals surface area contributed by atoms with E-state index in [9.17, 15) is 8.42 Å². The van der Waals surface area contributed by atoms with Crippen LogP contribution in [0.3, 0.4) is 0 Å². The number of furan rings is 1. The molecule has 1 aliphatic heterocycles. The Labute approximate surface area is 168 Å². The largest absolute Gasteiger partial charge is 0.497 e. The first-order valence-electron chi connectivity index (χ1n) is 8.80. The SMILES string of the molecule is COc1ccc(N2C(=N)c3ccoc3NC2c2cccc(NS(C)(=O)=O)c2)cc1. The standard InChI is InChI=1S/C20H20N4O4S/c1-27-16-8-6-15(7-9-16)24-18(21)17-10-11-28-20(17)22-19(24)13-4-3-5-14(12-13)23-29(2,25)26/h3-12,19,21-23H,1-2H3. The molecule has 0 amide bonds. The van der Waals surface area contributed by atoms with Crippen LogP contribution in [0.2, 0.25) is 0 Å². The number of benzene rings is 2. The fourth-order valence-corrected chi connectivity index (χ4v) is 3.85. The molecule has 150 valence electrons. The second-order valence-corrected chi connectivity index (χ2v) is 8.38. The third kappa shape index (κ3) is 3.77. The summed E-state index contributed by atoms with van der Waals surface area (Å²) in [6.07, 6.45) is 2.16. The number of hydrogen-bond donors (Lipinski definition) is 3. The van der Waals surface area contributed by atoms with Crippen molar-refractivity contribution in [3.8, 4) is 5.75 Å². The molecule has 0 spiro atoms. The summed E-state index contributed by atoms with van der Waals surface area (Å²) in [5.74, 6) is 1.47. The summed E-state index contributed by atoms with van der Waals surface area (Å²) in [7, 11) is -1.81. The van der Waals surface area contributed by atoms with E-state index in [2.05, 4.69) is 10.0 Å². The van der Waals surface area contributed by atoms with Gasteiger partial charge in [0.1, 0.15) is 17.8 Å². The Morgan fingerprint density at radius 2 is 1.93 bits per heavy atom. The lowest BCUT2D eigenvalue weighted by atomic mass is 10.1. The Morgan fingerprint density at radius 1 is 1.17 bits per heavy atom. The average molecular weight is 412 g/mol. The van der Waals surface area contributed by atoms with E-state index in [1.165, 1.54) is 6.26 Å². The van der Waals surface area contributed by atoms with Crippen LogP contribution >= 0.6 is 0 Å². The Balaban J connectivity index is 1.78. The van der Waals surface area contributed by atoms with Crippen LogP contribution in [-0.2, 0) is 10.0 Å². The maximum atomic E-state index is 11.6. The molecule has 4 rings (SSSR count). The number of ether oxygens (including phenoxy) is 1. The first-order valence-corrected chi connectivity index (χ1v) is 10.7. The Hall–Kier alpha value is -3.46. The van der Waals surface area contributed by atoms with Crippen molar-refractivity contribution in [1.82, 2.24) is 0 Å². The van der Waals surface area contributed by atoms with Gasteiger partial charge in [-0.3, -0.25) is 10.1 Å². The molecule has 8 nitrogen and oxygen atoms in total. The predicted molar refractivity (Wildman–Crippen MR) is 112 cm³/mol. The van der Waals surface area contributed by atoms with Gasteiger partial charge in [-0.05, 0) is 48.0 Å². The van der Waals surface area contributed by atoms with Crippen LogP contribution in [-0.4, -0.2) is 27.6 Å². The van der Waals surface area contributed by atoms with Gasteiger partial charge in [-0.1, -0.05) is 12.1 Å². The zero-order chi connectivity index (χ0) is 20.6. The molecule has 3 aromatic rings. The Morgan fingerprint density at radius 3 is 2.62 bits per heavy atom. The van der Waals surface area contributed by atoms with E-state index < -0.39 is 16.2 Å². The maximum Gasteiger partial charge on any atom is 0.229 e. The summed E-state index contributed by atoms with van der Waals surface area (Å²) >= 11 is 0. The number of fused-ring (bicyclic) bond motifs is 1. The van der Waals surface area contributed by atoms with E-state index in [0.29, 0.717) is 22.9 Å². The third-order valence-corrected chi connectivity index (χ3v) is 5.15. The fraction of sp³-hybridized carbons (Fsp3) is 0.150. The average Bonchev–Trinajstić information content (AvgIpc) is 3.16. The Kier molecular flexibility index (Phi) is 4.67. The number of amidine groups is 1. The molecule has 0 saturated heterocycles. The number of nitrogens with zero attached hydrogens (tertiary/aromatic N) is 1. The minimum atomic E-state index is -3.41. The van der Waals surface area contributed by atoms with Gasteiger partial charge in [0, 0.05) is 11.4 Å². The molecule has 2 aromatic carbocycles. The van der Waals surface area contributed by atoms with Gasteiger partial charge >= 0.3 is 0 Å². The predicted octanol–water partition coefficient (Wildman–Crippen LogP) is 3.62. The lowest BCUT2D eigenvalue weighted by Gasteiger charge is -2.38. The molecule has 0 fully saturated rings. The molecule has 0 aliphatic carbocycles. The molecular weight excluding hydrogens is 392 g/mol. The molecule has 1 aliphatic rings. The van der Waals surface area contributed by atoms with Crippen molar-refractivity contribution in [1.29, 1.82) is 5.41 Å². The van der Waals surface area contributed by atoms with E-state index >= 15 is 0 Å². The van der Waals surface area contributed by atoms with Crippen molar-refractivity contribution in [2.75, 3.05) is 28.3 Å². The highest BCUT2D eigenvalue weighted by Gasteiger charge is 2.33. The first kappa shape index (κ1) is 18.9. The summed E-state index contributed by atoms with van der Waals surface area (Å²) in [4.78, 5) is 1.82. The molecule has 2 heterocycles. The van der Waals surface area contributed by atoms with Gasteiger partial charge in [0.15, 0.2) is 0 Å². The molecule has 1 aromatic heterocycles. The van der Waals surface area contributed by atoms with Crippen LogP contribution in [0.15, 0.2) is 65.3 Å². The summed E-state index contributed by atoms with van der Waals surface area (Å²) in [5, 5.41) is 12.0. The lowest BCUT2D eigenvalue weighted by Crippen LogP contribution is -2.42. The highest BCUT2D eigenvalue weighted by Crippen LogP contribution is 2.38. The smallest absolute Gasteiger partial charge is 0.229 e. The molecule has 1 atom stereocenters. The van der Waals surface area contributed by atoms with E-state index in [1.54, 1.807) is 31.4 Å². The minimum absolute atomic E-state index is 0.268. The van der Waals surface area contributed by atoms with Gasteiger partial charge < -0.3 is 19.4 Å². The topological polar surface area (TPSA) is 108 Å².